The van der Waals surface area contributed by atoms with E-state index < -0.39 is 5.97 Å². The Morgan fingerprint density at radius 2 is 1.88 bits per heavy atom. The molecule has 2 N–H and O–H groups in total. The molecule has 0 aliphatic rings. The third-order valence-corrected chi connectivity index (χ3v) is 5.15. The summed E-state index contributed by atoms with van der Waals surface area (Å²) < 4.78 is 4.82. The van der Waals surface area contributed by atoms with E-state index in [0.717, 1.165) is 22.7 Å². The topological polar surface area (TPSA) is 70.7 Å². The largest absolute Gasteiger partial charge is 0.465 e. The van der Waals surface area contributed by atoms with Crippen molar-refractivity contribution in [2.75, 3.05) is 29.7 Å². The van der Waals surface area contributed by atoms with Crippen molar-refractivity contribution in [1.82, 2.24) is 0 Å². The van der Waals surface area contributed by atoms with Crippen molar-refractivity contribution in [2.45, 2.75) is 20.3 Å². The Morgan fingerprint density at radius 1 is 1.23 bits per heavy atom. The van der Waals surface area contributed by atoms with Gasteiger partial charge in [0.05, 0.1) is 12.7 Å². The number of nitrogens with zero attached hydrogens (tertiary/aromatic N) is 1. The van der Waals surface area contributed by atoms with E-state index in [1.807, 2.05) is 37.3 Å². The lowest BCUT2D eigenvalue weighted by molar-refractivity contribution is -0.116. The van der Waals surface area contributed by atoms with Gasteiger partial charge in [0.1, 0.15) is 5.00 Å². The summed E-state index contributed by atoms with van der Waals surface area (Å²) in [5.74, 6) is -0.439. The fraction of sp³-hybridized carbons (Fsp3) is 0.278. The molecule has 0 aliphatic heterocycles. The molecule has 1 aromatic carbocycles. The van der Waals surface area contributed by atoms with Crippen molar-refractivity contribution in [3.63, 3.8) is 0 Å². The Hall–Kier alpha value is -2.45. The zero-order valence-corrected chi connectivity index (χ0v) is 16.7. The molecule has 138 valence electrons. The van der Waals surface area contributed by atoms with Gasteiger partial charge in [-0.2, -0.15) is 0 Å². The number of amides is 1. The number of rotatable bonds is 5. The second-order valence-corrected chi connectivity index (χ2v) is 7.05. The normalized spacial score (nSPS) is 10.2. The standard InChI is InChI=1S/C18H21N3O3S2/c1-5-14-10-15(17(23)24-4)16(26-14)20-18(25)19-12-6-8-13(9-7-12)21(3)11(2)22/h6-10H,5H2,1-4H3,(H2,19,20,25). The smallest absolute Gasteiger partial charge is 0.340 e. The highest BCUT2D eigenvalue weighted by Crippen LogP contribution is 2.29. The van der Waals surface area contributed by atoms with E-state index in [2.05, 4.69) is 10.6 Å². The van der Waals surface area contributed by atoms with E-state index >= 15 is 0 Å². The summed E-state index contributed by atoms with van der Waals surface area (Å²) >= 11 is 6.81. The van der Waals surface area contributed by atoms with Crippen molar-refractivity contribution < 1.29 is 14.3 Å². The molecule has 0 bridgehead atoms. The summed E-state index contributed by atoms with van der Waals surface area (Å²) in [5.41, 5.74) is 2.03. The number of nitrogens with one attached hydrogen (secondary N) is 2. The Balaban J connectivity index is 2.08. The fourth-order valence-electron chi connectivity index (χ4n) is 2.19. The second-order valence-electron chi connectivity index (χ2n) is 5.50. The van der Waals surface area contributed by atoms with Crippen LogP contribution in [0.4, 0.5) is 16.4 Å². The maximum atomic E-state index is 11.9. The van der Waals surface area contributed by atoms with Gasteiger partial charge in [-0.1, -0.05) is 6.92 Å². The van der Waals surface area contributed by atoms with Crippen LogP contribution in [-0.2, 0) is 16.0 Å². The molecular weight excluding hydrogens is 370 g/mol. The first-order valence-electron chi connectivity index (χ1n) is 7.99. The lowest BCUT2D eigenvalue weighted by atomic mass is 10.2. The predicted octanol–water partition coefficient (Wildman–Crippen LogP) is 3.89. The van der Waals surface area contributed by atoms with Crippen LogP contribution in [0.25, 0.3) is 0 Å². The molecule has 6 nitrogen and oxygen atoms in total. The van der Waals surface area contributed by atoms with E-state index in [1.54, 1.807) is 11.9 Å². The van der Waals surface area contributed by atoms with E-state index in [9.17, 15) is 9.59 Å². The molecule has 0 atom stereocenters. The maximum Gasteiger partial charge on any atom is 0.340 e. The van der Waals surface area contributed by atoms with Crippen LogP contribution in [-0.4, -0.2) is 31.1 Å². The molecule has 0 unspecified atom stereocenters. The monoisotopic (exact) mass is 391 g/mol. The highest BCUT2D eigenvalue weighted by atomic mass is 32.1. The van der Waals surface area contributed by atoms with Crippen LogP contribution in [0.5, 0.6) is 0 Å². The third-order valence-electron chi connectivity index (χ3n) is 3.75. The predicted molar refractivity (Wildman–Crippen MR) is 110 cm³/mol. The molecule has 8 heteroatoms. The third kappa shape index (κ3) is 4.80. The summed E-state index contributed by atoms with van der Waals surface area (Å²) in [7, 11) is 3.07. The SMILES string of the molecule is CCc1cc(C(=O)OC)c(NC(=S)Nc2ccc(N(C)C(C)=O)cc2)s1. The van der Waals surface area contributed by atoms with Crippen LogP contribution in [0.15, 0.2) is 30.3 Å². The van der Waals surface area contributed by atoms with Crippen LogP contribution in [0.2, 0.25) is 0 Å². The molecule has 0 radical (unpaired) electrons. The first-order chi connectivity index (χ1) is 12.3. The average molecular weight is 392 g/mol. The quantitative estimate of drug-likeness (QED) is 0.595. The van der Waals surface area contributed by atoms with Gasteiger partial charge in [-0.05, 0) is 49.0 Å². The number of benzene rings is 1. The fourth-order valence-corrected chi connectivity index (χ4v) is 3.46. The van der Waals surface area contributed by atoms with Crippen LogP contribution in [0.3, 0.4) is 0 Å². The van der Waals surface area contributed by atoms with Crippen LogP contribution in [0.1, 0.15) is 29.1 Å². The van der Waals surface area contributed by atoms with E-state index in [1.165, 1.54) is 25.4 Å². The van der Waals surface area contributed by atoms with Crippen molar-refractivity contribution in [3.05, 3.63) is 40.8 Å². The molecule has 0 aliphatic carbocycles. The summed E-state index contributed by atoms with van der Waals surface area (Å²) in [6, 6.07) is 9.12. The number of thiocarbonyl (C=S) groups is 1. The molecular formula is C18H21N3O3S2. The summed E-state index contributed by atoms with van der Waals surface area (Å²) in [4.78, 5) is 25.9. The van der Waals surface area contributed by atoms with Gasteiger partial charge >= 0.3 is 5.97 Å². The number of hydrogen-bond acceptors (Lipinski definition) is 5. The summed E-state index contributed by atoms with van der Waals surface area (Å²) in [6.07, 6.45) is 0.821. The van der Waals surface area contributed by atoms with Crippen molar-refractivity contribution in [2.24, 2.45) is 0 Å². The number of anilines is 3. The van der Waals surface area contributed by atoms with Gasteiger partial charge < -0.3 is 20.3 Å². The number of aryl methyl sites for hydroxylation is 1. The van der Waals surface area contributed by atoms with Gasteiger partial charge in [-0.3, -0.25) is 4.79 Å². The number of carbonyl (C=O) groups excluding carboxylic acids is 2. The van der Waals surface area contributed by atoms with Crippen molar-refractivity contribution in [1.29, 1.82) is 0 Å². The second kappa shape index (κ2) is 8.77. The van der Waals surface area contributed by atoms with E-state index in [4.69, 9.17) is 17.0 Å². The lowest BCUT2D eigenvalue weighted by Gasteiger charge is -2.16. The number of thiophene rings is 1. The van der Waals surface area contributed by atoms with Crippen LogP contribution >= 0.6 is 23.6 Å². The van der Waals surface area contributed by atoms with Crippen molar-refractivity contribution in [3.8, 4) is 0 Å². The Bertz CT molecular complexity index is 816. The van der Waals surface area contributed by atoms with Crippen LogP contribution < -0.4 is 15.5 Å². The molecule has 0 saturated heterocycles. The van der Waals surface area contributed by atoms with E-state index in [0.29, 0.717) is 15.7 Å². The number of hydrogen-bond donors (Lipinski definition) is 2. The minimum atomic E-state index is -0.400. The molecule has 1 amide bonds. The number of carbonyl (C=O) groups is 2. The Labute approximate surface area is 162 Å². The van der Waals surface area contributed by atoms with Gasteiger partial charge in [0, 0.05) is 30.2 Å². The first-order valence-corrected chi connectivity index (χ1v) is 9.21. The number of methoxy groups -OCH3 is 1. The maximum absolute atomic E-state index is 11.9. The lowest BCUT2D eigenvalue weighted by Crippen LogP contribution is -2.23. The molecule has 2 aromatic rings. The van der Waals surface area contributed by atoms with Crippen molar-refractivity contribution >= 4 is 56.9 Å². The molecule has 1 aromatic heterocycles. The first kappa shape index (κ1) is 19.9. The number of ether oxygens (including phenoxy) is 1. The molecule has 0 spiro atoms. The molecule has 2 rings (SSSR count). The van der Waals surface area contributed by atoms with Gasteiger partial charge in [0.2, 0.25) is 5.91 Å². The molecule has 0 saturated carbocycles. The minimum absolute atomic E-state index is 0.0392. The van der Waals surface area contributed by atoms with E-state index in [-0.39, 0.29) is 5.91 Å². The number of esters is 1. The highest BCUT2D eigenvalue weighted by molar-refractivity contribution is 7.80. The van der Waals surface area contributed by atoms with Gasteiger partial charge in [-0.15, -0.1) is 11.3 Å². The summed E-state index contributed by atoms with van der Waals surface area (Å²) in [5, 5.41) is 7.15. The molecule has 1 heterocycles. The van der Waals surface area contributed by atoms with Gasteiger partial charge in [-0.25, -0.2) is 4.79 Å². The Morgan fingerprint density at radius 3 is 2.42 bits per heavy atom. The van der Waals surface area contributed by atoms with Gasteiger partial charge in [0.25, 0.3) is 0 Å². The molecule has 0 fully saturated rings. The summed E-state index contributed by atoms with van der Waals surface area (Å²) in [6.45, 7) is 3.53. The molecule has 26 heavy (non-hydrogen) atoms. The Kier molecular flexibility index (Phi) is 6.70. The average Bonchev–Trinajstić information content (AvgIpc) is 3.03. The zero-order valence-electron chi connectivity index (χ0n) is 15.1. The highest BCUT2D eigenvalue weighted by Gasteiger charge is 2.17. The van der Waals surface area contributed by atoms with Gasteiger partial charge in [0.15, 0.2) is 5.11 Å². The van der Waals surface area contributed by atoms with Crippen LogP contribution in [0, 0.1) is 0 Å². The zero-order chi connectivity index (χ0) is 19.3. The minimum Gasteiger partial charge on any atom is -0.465 e.